The summed E-state index contributed by atoms with van der Waals surface area (Å²) < 4.78 is 2.08. The molecule has 1 fully saturated rings. The van der Waals surface area contributed by atoms with Crippen LogP contribution in [-0.2, 0) is 13.1 Å². The number of nitrogens with zero attached hydrogens (tertiary/aromatic N) is 5. The summed E-state index contributed by atoms with van der Waals surface area (Å²) in [6.07, 6.45) is 5.95. The third-order valence-electron chi connectivity index (χ3n) is 7.70. The van der Waals surface area contributed by atoms with Gasteiger partial charge in [0.15, 0.2) is 5.82 Å². The number of hydrogen-bond donors (Lipinski definition) is 1. The number of nitrogens with one attached hydrogen (secondary N) is 1. The largest absolute Gasteiger partial charge is 0.321 e. The van der Waals surface area contributed by atoms with Crippen molar-refractivity contribution >= 4 is 10.9 Å². The lowest BCUT2D eigenvalue weighted by atomic mass is 9.94. The fourth-order valence-corrected chi connectivity index (χ4v) is 6.00. The maximum Gasteiger partial charge on any atom is 0.252 e. The van der Waals surface area contributed by atoms with E-state index in [0.29, 0.717) is 19.1 Å². The van der Waals surface area contributed by atoms with Crippen LogP contribution in [0.5, 0.6) is 0 Å². The summed E-state index contributed by atoms with van der Waals surface area (Å²) in [5.74, 6) is 1.16. The number of H-pyrrole nitrogens is 1. The molecule has 0 radical (unpaired) electrons. The molecular formula is C30H38N6O. The molecular weight excluding hydrogens is 460 g/mol. The lowest BCUT2D eigenvalue weighted by Gasteiger charge is -2.35. The van der Waals surface area contributed by atoms with Crippen LogP contribution in [0.3, 0.4) is 0 Å². The number of aromatic nitrogens is 5. The van der Waals surface area contributed by atoms with Gasteiger partial charge in [-0.25, -0.2) is 4.68 Å². The van der Waals surface area contributed by atoms with Crippen molar-refractivity contribution in [3.05, 3.63) is 87.0 Å². The number of pyridine rings is 1. The summed E-state index contributed by atoms with van der Waals surface area (Å²) in [7, 11) is 0. The Balaban J connectivity index is 1.57. The zero-order valence-electron chi connectivity index (χ0n) is 22.4. The minimum atomic E-state index is -0.0357. The van der Waals surface area contributed by atoms with Gasteiger partial charge >= 0.3 is 0 Å². The van der Waals surface area contributed by atoms with Gasteiger partial charge in [-0.1, -0.05) is 75.1 Å². The van der Waals surface area contributed by atoms with Gasteiger partial charge in [0.1, 0.15) is 0 Å². The minimum Gasteiger partial charge on any atom is -0.321 e. The van der Waals surface area contributed by atoms with Crippen molar-refractivity contribution < 1.29 is 0 Å². The number of tetrazole rings is 1. The van der Waals surface area contributed by atoms with E-state index < -0.39 is 0 Å². The molecule has 7 nitrogen and oxygen atoms in total. The molecule has 2 aromatic carbocycles. The zero-order valence-corrected chi connectivity index (χ0v) is 22.4. The van der Waals surface area contributed by atoms with E-state index in [1.165, 1.54) is 30.4 Å². The van der Waals surface area contributed by atoms with Crippen LogP contribution in [0.4, 0.5) is 0 Å². The van der Waals surface area contributed by atoms with Crippen LogP contribution in [-0.4, -0.2) is 30.1 Å². The lowest BCUT2D eigenvalue weighted by molar-refractivity contribution is 0.121. The van der Waals surface area contributed by atoms with Crippen LogP contribution >= 0.6 is 0 Å². The van der Waals surface area contributed by atoms with Crippen molar-refractivity contribution in [2.75, 3.05) is 0 Å². The molecule has 7 heteroatoms. The average Bonchev–Trinajstić information content (AvgIpc) is 3.35. The number of hydrogen-bond acceptors (Lipinski definition) is 5. The van der Waals surface area contributed by atoms with Crippen LogP contribution in [0, 0.1) is 19.8 Å². The van der Waals surface area contributed by atoms with Crippen molar-refractivity contribution in [2.24, 2.45) is 5.92 Å². The second-order valence-electron chi connectivity index (χ2n) is 11.0. The Morgan fingerprint density at radius 3 is 2.51 bits per heavy atom. The van der Waals surface area contributed by atoms with Gasteiger partial charge in [-0.2, -0.15) is 0 Å². The predicted octanol–water partition coefficient (Wildman–Crippen LogP) is 6.04. The van der Waals surface area contributed by atoms with Crippen LogP contribution in [0.15, 0.2) is 53.3 Å². The molecule has 5 rings (SSSR count). The Kier molecular flexibility index (Phi) is 7.51. The molecule has 0 spiro atoms. The topological polar surface area (TPSA) is 79.7 Å². The normalized spacial score (nSPS) is 15.6. The number of rotatable bonds is 8. The molecule has 1 atom stereocenters. The van der Waals surface area contributed by atoms with Gasteiger partial charge in [0.05, 0.1) is 17.6 Å². The second kappa shape index (κ2) is 11.0. The first-order valence-electron chi connectivity index (χ1n) is 13.6. The first-order valence-corrected chi connectivity index (χ1v) is 13.6. The summed E-state index contributed by atoms with van der Waals surface area (Å²) in [5, 5.41) is 14.3. The maximum atomic E-state index is 13.3. The standard InChI is InChI=1S/C30H38N6O/c1-20(2)28(29-32-33-34-36(29)26-13-9-6-10-14-26)35(18-23-11-7-5-8-12-23)19-25-17-24-16-21(3)15-22(4)27(24)31-30(25)37/h5,7-8,11-12,15-17,20,26,28H,6,9-10,13-14,18-19H2,1-4H3,(H,31,37)/t28-/m1/s1. The number of benzene rings is 2. The van der Waals surface area contributed by atoms with E-state index in [0.717, 1.165) is 40.7 Å². The quantitative estimate of drug-likeness (QED) is 0.321. The summed E-state index contributed by atoms with van der Waals surface area (Å²) >= 11 is 0. The van der Waals surface area contributed by atoms with Crippen molar-refractivity contribution in [3.8, 4) is 0 Å². The molecule has 1 aliphatic rings. The molecule has 2 heterocycles. The molecule has 0 bridgehead atoms. The Bertz CT molecular complexity index is 1400. The molecule has 0 amide bonds. The summed E-state index contributed by atoms with van der Waals surface area (Å²) in [4.78, 5) is 18.9. The van der Waals surface area contributed by atoms with Gasteiger partial charge in [-0.05, 0) is 71.7 Å². The fraction of sp³-hybridized carbons (Fsp3) is 0.467. The van der Waals surface area contributed by atoms with Crippen molar-refractivity contribution in [1.82, 2.24) is 30.1 Å². The summed E-state index contributed by atoms with van der Waals surface area (Å²) in [5.41, 5.74) is 5.12. The lowest BCUT2D eigenvalue weighted by Crippen LogP contribution is -2.36. The molecule has 0 aliphatic heterocycles. The zero-order chi connectivity index (χ0) is 25.9. The van der Waals surface area contributed by atoms with Crippen molar-refractivity contribution in [1.29, 1.82) is 0 Å². The van der Waals surface area contributed by atoms with Gasteiger partial charge in [-0.15, -0.1) is 5.10 Å². The van der Waals surface area contributed by atoms with E-state index in [1.54, 1.807) is 0 Å². The Morgan fingerprint density at radius 2 is 1.78 bits per heavy atom. The van der Waals surface area contributed by atoms with E-state index in [4.69, 9.17) is 0 Å². The van der Waals surface area contributed by atoms with Gasteiger partial charge in [0.2, 0.25) is 0 Å². The minimum absolute atomic E-state index is 0.0353. The molecule has 1 aliphatic carbocycles. The third-order valence-corrected chi connectivity index (χ3v) is 7.70. The molecule has 1 N–H and O–H groups in total. The average molecular weight is 499 g/mol. The van der Waals surface area contributed by atoms with E-state index in [1.807, 2.05) is 13.0 Å². The number of aryl methyl sites for hydroxylation is 2. The van der Waals surface area contributed by atoms with Gasteiger partial charge in [-0.3, -0.25) is 9.69 Å². The molecule has 0 saturated heterocycles. The van der Waals surface area contributed by atoms with E-state index >= 15 is 0 Å². The van der Waals surface area contributed by atoms with E-state index in [-0.39, 0.29) is 17.5 Å². The Labute approximate surface area is 218 Å². The monoisotopic (exact) mass is 498 g/mol. The predicted molar refractivity (Wildman–Crippen MR) is 147 cm³/mol. The van der Waals surface area contributed by atoms with Crippen molar-refractivity contribution in [3.63, 3.8) is 0 Å². The maximum absolute atomic E-state index is 13.3. The van der Waals surface area contributed by atoms with Crippen LogP contribution in [0.2, 0.25) is 0 Å². The van der Waals surface area contributed by atoms with E-state index in [2.05, 4.69) is 93.3 Å². The highest BCUT2D eigenvalue weighted by Crippen LogP contribution is 2.34. The Hall–Kier alpha value is -3.32. The van der Waals surface area contributed by atoms with Gasteiger partial charge in [0.25, 0.3) is 5.56 Å². The Morgan fingerprint density at radius 1 is 1.03 bits per heavy atom. The number of aromatic amines is 1. The first kappa shape index (κ1) is 25.3. The fourth-order valence-electron chi connectivity index (χ4n) is 6.00. The van der Waals surface area contributed by atoms with E-state index in [9.17, 15) is 4.79 Å². The van der Waals surface area contributed by atoms with Crippen LogP contribution < -0.4 is 5.56 Å². The van der Waals surface area contributed by atoms with Crippen LogP contribution in [0.1, 0.15) is 86.1 Å². The molecule has 194 valence electrons. The highest BCUT2D eigenvalue weighted by molar-refractivity contribution is 5.82. The number of fused-ring (bicyclic) bond motifs is 1. The molecule has 37 heavy (non-hydrogen) atoms. The van der Waals surface area contributed by atoms with Gasteiger partial charge in [0, 0.05) is 18.7 Å². The highest BCUT2D eigenvalue weighted by Gasteiger charge is 2.32. The summed E-state index contributed by atoms with van der Waals surface area (Å²) in [6, 6.07) is 17.1. The summed E-state index contributed by atoms with van der Waals surface area (Å²) in [6.45, 7) is 9.80. The van der Waals surface area contributed by atoms with Crippen LogP contribution in [0.25, 0.3) is 10.9 Å². The smallest absolute Gasteiger partial charge is 0.252 e. The molecule has 4 aromatic rings. The molecule has 2 aromatic heterocycles. The first-order chi connectivity index (χ1) is 17.9. The highest BCUT2D eigenvalue weighted by atomic mass is 16.1. The SMILES string of the molecule is Cc1cc(C)c2[nH]c(=O)c(CN(Cc3ccccc3)[C@@H](c3nnnn3C3CCCCC3)C(C)C)cc2c1. The second-order valence-corrected chi connectivity index (χ2v) is 11.0. The van der Waals surface area contributed by atoms with Gasteiger partial charge < -0.3 is 4.98 Å². The molecule has 0 unspecified atom stereocenters. The van der Waals surface area contributed by atoms with Crippen molar-refractivity contribution in [2.45, 2.75) is 85.0 Å². The third kappa shape index (κ3) is 5.52. The molecule has 1 saturated carbocycles.